The molecule has 29 heavy (non-hydrogen) atoms. The summed E-state index contributed by atoms with van der Waals surface area (Å²) in [6, 6.07) is 7.25. The Labute approximate surface area is 166 Å². The normalized spacial score (nSPS) is 27.5. The number of fused-ring (bicyclic) bond motifs is 1. The van der Waals surface area contributed by atoms with Gasteiger partial charge in [0.1, 0.15) is 12.1 Å². The maximum Gasteiger partial charge on any atom is 0.268 e. The van der Waals surface area contributed by atoms with E-state index >= 15 is 0 Å². The highest BCUT2D eigenvalue weighted by molar-refractivity contribution is 5.94. The molecule has 7 nitrogen and oxygen atoms in total. The average molecular weight is 402 g/mol. The maximum absolute atomic E-state index is 13.6. The standard InChI is InChI=1S/C20H20F2N4O3/c21-20(22)7-15(8-23)26(11-20)19(29)16-5-14(18(28)24-16)6-17(27)25-9-12-3-1-2-4-13(12)10-25/h1-4,14-16H,5-7,9-11H2,(H,24,28)/t14-,15?,16-/m0/s1. The Kier molecular flexibility index (Phi) is 4.73. The minimum atomic E-state index is -3.11. The van der Waals surface area contributed by atoms with E-state index in [2.05, 4.69) is 5.32 Å². The van der Waals surface area contributed by atoms with E-state index in [0.717, 1.165) is 16.0 Å². The molecule has 3 heterocycles. The molecule has 0 saturated carbocycles. The molecule has 1 aromatic rings. The van der Waals surface area contributed by atoms with E-state index in [0.29, 0.717) is 13.1 Å². The van der Waals surface area contributed by atoms with Gasteiger partial charge in [-0.15, -0.1) is 0 Å². The van der Waals surface area contributed by atoms with E-state index in [-0.39, 0.29) is 18.7 Å². The van der Waals surface area contributed by atoms with Crippen LogP contribution in [0.25, 0.3) is 0 Å². The Bertz CT molecular complexity index is 888. The lowest BCUT2D eigenvalue weighted by atomic mass is 9.99. The first-order chi connectivity index (χ1) is 13.8. The molecule has 152 valence electrons. The zero-order valence-electron chi connectivity index (χ0n) is 15.6. The Morgan fingerprint density at radius 1 is 1.24 bits per heavy atom. The van der Waals surface area contributed by atoms with Gasteiger partial charge in [-0.05, 0) is 17.5 Å². The van der Waals surface area contributed by atoms with Crippen molar-refractivity contribution in [1.82, 2.24) is 15.1 Å². The van der Waals surface area contributed by atoms with Crippen LogP contribution in [0.4, 0.5) is 8.78 Å². The van der Waals surface area contributed by atoms with Crippen LogP contribution in [0.1, 0.15) is 30.4 Å². The largest absolute Gasteiger partial charge is 0.344 e. The van der Waals surface area contributed by atoms with Crippen LogP contribution < -0.4 is 5.32 Å². The molecule has 3 amide bonds. The molecule has 1 N–H and O–H groups in total. The van der Waals surface area contributed by atoms with Crippen LogP contribution in [0.15, 0.2) is 24.3 Å². The molecule has 0 bridgehead atoms. The third-order valence-electron chi connectivity index (χ3n) is 5.82. The molecular weight excluding hydrogens is 382 g/mol. The summed E-state index contributed by atoms with van der Waals surface area (Å²) in [5, 5.41) is 11.6. The van der Waals surface area contributed by atoms with Crippen LogP contribution in [0.2, 0.25) is 0 Å². The Morgan fingerprint density at radius 3 is 2.52 bits per heavy atom. The fraction of sp³-hybridized carbons (Fsp3) is 0.500. The van der Waals surface area contributed by atoms with Gasteiger partial charge in [0.2, 0.25) is 17.7 Å². The summed E-state index contributed by atoms with van der Waals surface area (Å²) in [4.78, 5) is 40.0. The summed E-state index contributed by atoms with van der Waals surface area (Å²) in [5.41, 5.74) is 2.14. The number of nitrogens with zero attached hydrogens (tertiary/aromatic N) is 3. The summed E-state index contributed by atoms with van der Waals surface area (Å²) in [7, 11) is 0. The second-order valence-corrected chi connectivity index (χ2v) is 7.89. The van der Waals surface area contributed by atoms with Gasteiger partial charge in [0.05, 0.1) is 12.6 Å². The maximum atomic E-state index is 13.6. The Morgan fingerprint density at radius 2 is 1.90 bits per heavy atom. The van der Waals surface area contributed by atoms with E-state index in [1.807, 2.05) is 24.3 Å². The number of nitriles is 1. The summed E-state index contributed by atoms with van der Waals surface area (Å²) in [5.74, 6) is -5.11. The van der Waals surface area contributed by atoms with Crippen LogP contribution in [0.5, 0.6) is 0 Å². The molecule has 0 aliphatic carbocycles. The smallest absolute Gasteiger partial charge is 0.268 e. The zero-order valence-corrected chi connectivity index (χ0v) is 15.6. The van der Waals surface area contributed by atoms with Crippen LogP contribution in [-0.2, 0) is 27.5 Å². The van der Waals surface area contributed by atoms with Crippen LogP contribution in [-0.4, -0.2) is 52.1 Å². The first kappa shape index (κ1) is 19.3. The molecule has 3 atom stereocenters. The predicted molar refractivity (Wildman–Crippen MR) is 96.0 cm³/mol. The molecule has 3 aliphatic heterocycles. The molecule has 0 aromatic heterocycles. The predicted octanol–water partition coefficient (Wildman–Crippen LogP) is 1.18. The van der Waals surface area contributed by atoms with E-state index < -0.39 is 48.7 Å². The number of rotatable bonds is 3. The second kappa shape index (κ2) is 7.10. The molecule has 1 unspecified atom stereocenters. The number of halogens is 2. The third kappa shape index (κ3) is 3.67. The highest BCUT2D eigenvalue weighted by Crippen LogP contribution is 2.33. The van der Waals surface area contributed by atoms with Crippen molar-refractivity contribution >= 4 is 17.7 Å². The summed E-state index contributed by atoms with van der Waals surface area (Å²) >= 11 is 0. The highest BCUT2D eigenvalue weighted by atomic mass is 19.3. The molecule has 2 saturated heterocycles. The first-order valence-electron chi connectivity index (χ1n) is 9.50. The van der Waals surface area contributed by atoms with E-state index in [1.54, 1.807) is 11.0 Å². The lowest BCUT2D eigenvalue weighted by Crippen LogP contribution is -2.46. The second-order valence-electron chi connectivity index (χ2n) is 7.89. The molecule has 1 aromatic carbocycles. The summed E-state index contributed by atoms with van der Waals surface area (Å²) in [6.45, 7) is 0.142. The number of carbonyl (C=O) groups excluding carboxylic acids is 3. The monoisotopic (exact) mass is 402 g/mol. The van der Waals surface area contributed by atoms with Crippen LogP contribution in [0.3, 0.4) is 0 Å². The van der Waals surface area contributed by atoms with Gasteiger partial charge in [-0.3, -0.25) is 14.4 Å². The number of carbonyl (C=O) groups is 3. The minimum absolute atomic E-state index is 0.0402. The highest BCUT2D eigenvalue weighted by Gasteiger charge is 2.50. The third-order valence-corrected chi connectivity index (χ3v) is 5.82. The van der Waals surface area contributed by atoms with Gasteiger partial charge in [-0.2, -0.15) is 5.26 Å². The molecule has 4 rings (SSSR count). The van der Waals surface area contributed by atoms with Crippen LogP contribution >= 0.6 is 0 Å². The Balaban J connectivity index is 1.37. The average Bonchev–Trinajstić information content (AvgIpc) is 3.36. The molecule has 0 radical (unpaired) electrons. The molecule has 2 fully saturated rings. The van der Waals surface area contributed by atoms with Gasteiger partial charge in [0, 0.05) is 31.8 Å². The van der Waals surface area contributed by atoms with Crippen molar-refractivity contribution in [2.45, 2.75) is 50.4 Å². The van der Waals surface area contributed by atoms with Gasteiger partial charge in [0.15, 0.2) is 0 Å². The van der Waals surface area contributed by atoms with Gasteiger partial charge in [0.25, 0.3) is 5.92 Å². The van der Waals surface area contributed by atoms with Gasteiger partial charge < -0.3 is 15.1 Å². The van der Waals surface area contributed by atoms with Gasteiger partial charge in [-0.1, -0.05) is 24.3 Å². The lowest BCUT2D eigenvalue weighted by Gasteiger charge is -2.22. The van der Waals surface area contributed by atoms with Crippen molar-refractivity contribution in [2.75, 3.05) is 6.54 Å². The number of amides is 3. The van der Waals surface area contributed by atoms with Gasteiger partial charge in [-0.25, -0.2) is 8.78 Å². The number of nitrogens with one attached hydrogen (secondary N) is 1. The first-order valence-corrected chi connectivity index (χ1v) is 9.50. The van der Waals surface area contributed by atoms with Crippen molar-refractivity contribution in [3.05, 3.63) is 35.4 Å². The summed E-state index contributed by atoms with van der Waals surface area (Å²) in [6.07, 6.45) is -0.681. The van der Waals surface area contributed by atoms with E-state index in [9.17, 15) is 23.2 Å². The molecule has 3 aliphatic rings. The number of hydrogen-bond acceptors (Lipinski definition) is 4. The number of hydrogen-bond donors (Lipinski definition) is 1. The van der Waals surface area contributed by atoms with Crippen molar-refractivity contribution in [1.29, 1.82) is 5.26 Å². The number of alkyl halides is 2. The molecule has 0 spiro atoms. The number of likely N-dealkylation sites (tertiary alicyclic amines) is 1. The van der Waals surface area contributed by atoms with Gasteiger partial charge >= 0.3 is 0 Å². The topological polar surface area (TPSA) is 93.5 Å². The molecular formula is C20H20F2N4O3. The van der Waals surface area contributed by atoms with Crippen molar-refractivity contribution in [2.24, 2.45) is 5.92 Å². The Hall–Kier alpha value is -3.02. The van der Waals surface area contributed by atoms with Crippen molar-refractivity contribution in [3.8, 4) is 6.07 Å². The fourth-order valence-corrected chi connectivity index (χ4v) is 4.29. The van der Waals surface area contributed by atoms with Crippen molar-refractivity contribution in [3.63, 3.8) is 0 Å². The van der Waals surface area contributed by atoms with Crippen LogP contribution in [0, 0.1) is 17.2 Å². The quantitative estimate of drug-likeness (QED) is 0.822. The van der Waals surface area contributed by atoms with Crippen molar-refractivity contribution < 1.29 is 23.2 Å². The van der Waals surface area contributed by atoms with E-state index in [4.69, 9.17) is 5.26 Å². The SMILES string of the molecule is N#CC1CC(F)(F)CN1C(=O)[C@@H]1C[C@@H](CC(=O)N2Cc3ccccc3C2)C(=O)N1. The van der Waals surface area contributed by atoms with E-state index in [1.165, 1.54) is 0 Å². The zero-order chi connectivity index (χ0) is 20.8. The summed E-state index contributed by atoms with van der Waals surface area (Å²) < 4.78 is 27.2. The fourth-order valence-electron chi connectivity index (χ4n) is 4.29. The number of benzene rings is 1. The minimum Gasteiger partial charge on any atom is -0.344 e. The lowest BCUT2D eigenvalue weighted by molar-refractivity contribution is -0.135. The molecule has 9 heteroatoms.